The Morgan fingerprint density at radius 3 is 2.96 bits per heavy atom. The first-order valence-electron chi connectivity index (χ1n) is 7.37. The molecule has 120 valence electrons. The number of hydrogen-bond acceptors (Lipinski definition) is 5. The molecule has 0 fully saturated rings. The number of thiazole rings is 1. The van der Waals surface area contributed by atoms with Crippen molar-refractivity contribution >= 4 is 34.5 Å². The SMILES string of the molecule is Cc1ncsc1CCN(C)C(=O)c1ccc2c(c1)NC(=O)CN2. The molecule has 0 atom stereocenters. The fourth-order valence-corrected chi connectivity index (χ4v) is 3.23. The highest BCUT2D eigenvalue weighted by Crippen LogP contribution is 2.26. The lowest BCUT2D eigenvalue weighted by molar-refractivity contribution is -0.114. The summed E-state index contributed by atoms with van der Waals surface area (Å²) in [4.78, 5) is 31.1. The van der Waals surface area contributed by atoms with Crippen molar-refractivity contribution in [2.24, 2.45) is 0 Å². The summed E-state index contributed by atoms with van der Waals surface area (Å²) in [7, 11) is 1.79. The number of fused-ring (bicyclic) bond motifs is 1. The van der Waals surface area contributed by atoms with Gasteiger partial charge in [-0.05, 0) is 25.1 Å². The van der Waals surface area contributed by atoms with E-state index >= 15 is 0 Å². The number of aromatic nitrogens is 1. The third-order valence-electron chi connectivity index (χ3n) is 3.85. The molecule has 0 saturated carbocycles. The highest BCUT2D eigenvalue weighted by Gasteiger charge is 2.18. The molecule has 1 aliphatic heterocycles. The van der Waals surface area contributed by atoms with Crippen LogP contribution in [0.3, 0.4) is 0 Å². The van der Waals surface area contributed by atoms with Crippen LogP contribution in [0.25, 0.3) is 0 Å². The molecule has 23 heavy (non-hydrogen) atoms. The van der Waals surface area contributed by atoms with Gasteiger partial charge in [0.05, 0.1) is 29.1 Å². The van der Waals surface area contributed by atoms with Crippen molar-refractivity contribution in [3.05, 3.63) is 39.8 Å². The molecule has 0 spiro atoms. The second-order valence-electron chi connectivity index (χ2n) is 5.50. The van der Waals surface area contributed by atoms with E-state index in [1.54, 1.807) is 35.4 Å². The molecule has 0 saturated heterocycles. The molecule has 6 nitrogen and oxygen atoms in total. The number of nitrogens with one attached hydrogen (secondary N) is 2. The Morgan fingerprint density at radius 2 is 2.22 bits per heavy atom. The number of carbonyl (C=O) groups excluding carboxylic acids is 2. The summed E-state index contributed by atoms with van der Waals surface area (Å²) < 4.78 is 0. The minimum Gasteiger partial charge on any atom is -0.374 e. The van der Waals surface area contributed by atoms with Gasteiger partial charge in [-0.2, -0.15) is 0 Å². The average molecular weight is 330 g/mol. The summed E-state index contributed by atoms with van der Waals surface area (Å²) in [5, 5.41) is 5.79. The molecule has 2 N–H and O–H groups in total. The number of rotatable bonds is 4. The Bertz CT molecular complexity index is 756. The Hall–Kier alpha value is -2.41. The largest absolute Gasteiger partial charge is 0.374 e. The van der Waals surface area contributed by atoms with Crippen molar-refractivity contribution in [1.29, 1.82) is 0 Å². The highest BCUT2D eigenvalue weighted by molar-refractivity contribution is 7.09. The Morgan fingerprint density at radius 1 is 1.39 bits per heavy atom. The van der Waals surface area contributed by atoms with E-state index < -0.39 is 0 Å². The van der Waals surface area contributed by atoms with Crippen molar-refractivity contribution in [3.63, 3.8) is 0 Å². The van der Waals surface area contributed by atoms with Gasteiger partial charge in [0.1, 0.15) is 0 Å². The second-order valence-corrected chi connectivity index (χ2v) is 6.44. The molecule has 2 amide bonds. The summed E-state index contributed by atoms with van der Waals surface area (Å²) >= 11 is 1.61. The predicted molar refractivity (Wildman–Crippen MR) is 91.1 cm³/mol. The summed E-state index contributed by atoms with van der Waals surface area (Å²) in [6.45, 7) is 2.87. The zero-order valence-electron chi connectivity index (χ0n) is 13.0. The summed E-state index contributed by atoms with van der Waals surface area (Å²) in [5.41, 5.74) is 4.91. The van der Waals surface area contributed by atoms with Gasteiger partial charge in [-0.25, -0.2) is 4.98 Å². The van der Waals surface area contributed by atoms with Gasteiger partial charge in [0, 0.05) is 30.5 Å². The fourth-order valence-electron chi connectivity index (χ4n) is 2.46. The molecule has 0 unspecified atom stereocenters. The van der Waals surface area contributed by atoms with E-state index in [4.69, 9.17) is 0 Å². The van der Waals surface area contributed by atoms with Gasteiger partial charge in [-0.1, -0.05) is 0 Å². The van der Waals surface area contributed by atoms with Crippen molar-refractivity contribution in [2.75, 3.05) is 30.8 Å². The van der Waals surface area contributed by atoms with E-state index in [0.29, 0.717) is 17.8 Å². The van der Waals surface area contributed by atoms with Crippen LogP contribution in [0.2, 0.25) is 0 Å². The van der Waals surface area contributed by atoms with Gasteiger partial charge in [0.15, 0.2) is 0 Å². The number of aryl methyl sites for hydroxylation is 1. The molecular formula is C16H18N4O2S. The van der Waals surface area contributed by atoms with E-state index in [2.05, 4.69) is 15.6 Å². The molecule has 2 aromatic rings. The minimum atomic E-state index is -0.101. The number of benzene rings is 1. The van der Waals surface area contributed by atoms with Crippen LogP contribution in [0.1, 0.15) is 20.9 Å². The monoisotopic (exact) mass is 330 g/mol. The molecular weight excluding hydrogens is 312 g/mol. The van der Waals surface area contributed by atoms with E-state index in [-0.39, 0.29) is 18.4 Å². The number of likely N-dealkylation sites (N-methyl/N-ethyl adjacent to an activating group) is 1. The van der Waals surface area contributed by atoms with Crippen molar-refractivity contribution in [1.82, 2.24) is 9.88 Å². The quantitative estimate of drug-likeness (QED) is 0.900. The van der Waals surface area contributed by atoms with Crippen molar-refractivity contribution in [2.45, 2.75) is 13.3 Å². The van der Waals surface area contributed by atoms with Gasteiger partial charge in [-0.15, -0.1) is 11.3 Å². The van der Waals surface area contributed by atoms with Crippen LogP contribution >= 0.6 is 11.3 Å². The number of amides is 2. The van der Waals surface area contributed by atoms with Gasteiger partial charge in [-0.3, -0.25) is 9.59 Å². The molecule has 0 aliphatic carbocycles. The Kier molecular flexibility index (Phi) is 4.29. The number of anilines is 2. The first-order valence-corrected chi connectivity index (χ1v) is 8.25. The van der Waals surface area contributed by atoms with Crippen LogP contribution in [0.15, 0.2) is 23.7 Å². The lowest BCUT2D eigenvalue weighted by atomic mass is 10.1. The molecule has 2 heterocycles. The van der Waals surface area contributed by atoms with Crippen molar-refractivity contribution in [3.8, 4) is 0 Å². The minimum absolute atomic E-state index is 0.0604. The van der Waals surface area contributed by atoms with Gasteiger partial charge >= 0.3 is 0 Å². The number of hydrogen-bond donors (Lipinski definition) is 2. The lowest BCUT2D eigenvalue weighted by Gasteiger charge is -2.21. The molecule has 1 aliphatic rings. The van der Waals surface area contributed by atoms with Crippen LogP contribution in [-0.2, 0) is 11.2 Å². The first kappa shape index (κ1) is 15.5. The van der Waals surface area contributed by atoms with Gasteiger partial charge < -0.3 is 15.5 Å². The predicted octanol–water partition coefficient (Wildman–Crippen LogP) is 2.13. The average Bonchev–Trinajstić information content (AvgIpc) is 2.96. The standard InChI is InChI=1S/C16H18N4O2S/c1-10-14(23-9-18-10)5-6-20(2)16(22)11-3-4-12-13(7-11)19-15(21)8-17-12/h3-4,7,9,17H,5-6,8H2,1-2H3,(H,19,21). The van der Waals surface area contributed by atoms with E-state index in [0.717, 1.165) is 17.8 Å². The fraction of sp³-hybridized carbons (Fsp3) is 0.312. The normalized spacial score (nSPS) is 13.0. The molecule has 7 heteroatoms. The zero-order valence-corrected chi connectivity index (χ0v) is 13.9. The first-order chi connectivity index (χ1) is 11.0. The second kappa shape index (κ2) is 6.37. The van der Waals surface area contributed by atoms with Gasteiger partial charge in [0.25, 0.3) is 5.91 Å². The topological polar surface area (TPSA) is 74.3 Å². The summed E-state index contributed by atoms with van der Waals surface area (Å²) in [6.07, 6.45) is 0.794. The molecule has 0 radical (unpaired) electrons. The van der Waals surface area contributed by atoms with E-state index in [1.165, 1.54) is 4.88 Å². The molecule has 3 rings (SSSR count). The van der Waals surface area contributed by atoms with Crippen LogP contribution < -0.4 is 10.6 Å². The van der Waals surface area contributed by atoms with Crippen LogP contribution in [-0.4, -0.2) is 41.8 Å². The smallest absolute Gasteiger partial charge is 0.253 e. The molecule has 1 aromatic carbocycles. The highest BCUT2D eigenvalue weighted by atomic mass is 32.1. The lowest BCUT2D eigenvalue weighted by Crippen LogP contribution is -2.30. The summed E-state index contributed by atoms with van der Waals surface area (Å²) in [6, 6.07) is 5.32. The van der Waals surface area contributed by atoms with E-state index in [1.807, 2.05) is 18.5 Å². The maximum absolute atomic E-state index is 12.5. The van der Waals surface area contributed by atoms with Crippen LogP contribution in [0.5, 0.6) is 0 Å². The Labute approximate surface area is 138 Å². The van der Waals surface area contributed by atoms with Crippen LogP contribution in [0, 0.1) is 6.92 Å². The third kappa shape index (κ3) is 3.34. The van der Waals surface area contributed by atoms with E-state index in [9.17, 15) is 9.59 Å². The maximum atomic E-state index is 12.5. The number of nitrogens with zero attached hydrogens (tertiary/aromatic N) is 2. The molecule has 0 bridgehead atoms. The molecule has 1 aromatic heterocycles. The zero-order chi connectivity index (χ0) is 16.4. The maximum Gasteiger partial charge on any atom is 0.253 e. The number of carbonyl (C=O) groups is 2. The Balaban J connectivity index is 1.68. The summed E-state index contributed by atoms with van der Waals surface area (Å²) in [5.74, 6) is -0.161. The van der Waals surface area contributed by atoms with Crippen molar-refractivity contribution < 1.29 is 9.59 Å². The van der Waals surface area contributed by atoms with Crippen LogP contribution in [0.4, 0.5) is 11.4 Å². The third-order valence-corrected chi connectivity index (χ3v) is 4.84. The van der Waals surface area contributed by atoms with Gasteiger partial charge in [0.2, 0.25) is 5.91 Å².